The number of ether oxygens (including phenoxy) is 1. The Morgan fingerprint density at radius 3 is 2.48 bits per heavy atom. The minimum Gasteiger partial charge on any atom is -0.380 e. The van der Waals surface area contributed by atoms with Gasteiger partial charge in [0.05, 0.1) is 6.61 Å². The van der Waals surface area contributed by atoms with E-state index in [0.29, 0.717) is 18.7 Å². The van der Waals surface area contributed by atoms with Gasteiger partial charge in [-0.1, -0.05) is 42.5 Å². The van der Waals surface area contributed by atoms with Gasteiger partial charge in [-0.05, 0) is 29.7 Å². The van der Waals surface area contributed by atoms with Gasteiger partial charge in [-0.3, -0.25) is 4.79 Å². The number of hydrogen-bond donors (Lipinski definition) is 0. The average molecular weight is 283 g/mol. The molecule has 0 aliphatic rings. The van der Waals surface area contributed by atoms with Gasteiger partial charge in [0, 0.05) is 26.3 Å². The van der Waals surface area contributed by atoms with Gasteiger partial charge in [-0.2, -0.15) is 0 Å². The van der Waals surface area contributed by atoms with Crippen LogP contribution in [0.4, 0.5) is 0 Å². The Bertz CT molecular complexity index is 581. The van der Waals surface area contributed by atoms with Crippen LogP contribution in [0.25, 0.3) is 0 Å². The first-order valence-electron chi connectivity index (χ1n) is 7.08. The van der Waals surface area contributed by atoms with Crippen LogP contribution in [-0.4, -0.2) is 31.5 Å². The van der Waals surface area contributed by atoms with Crippen molar-refractivity contribution in [3.05, 3.63) is 71.3 Å². The lowest BCUT2D eigenvalue weighted by atomic mass is 10.1. The topological polar surface area (TPSA) is 29.5 Å². The van der Waals surface area contributed by atoms with Crippen molar-refractivity contribution < 1.29 is 9.53 Å². The number of methoxy groups -OCH3 is 1. The average Bonchev–Trinajstić information content (AvgIpc) is 2.53. The molecule has 0 fully saturated rings. The maximum atomic E-state index is 12.4. The Labute approximate surface area is 126 Å². The molecule has 0 spiro atoms. The summed E-state index contributed by atoms with van der Waals surface area (Å²) < 4.78 is 5.10. The van der Waals surface area contributed by atoms with Crippen LogP contribution < -0.4 is 0 Å². The molecule has 3 nitrogen and oxygen atoms in total. The summed E-state index contributed by atoms with van der Waals surface area (Å²) in [6.07, 6.45) is 0.862. The summed E-state index contributed by atoms with van der Waals surface area (Å²) in [6, 6.07) is 17.8. The normalized spacial score (nSPS) is 10.4. The van der Waals surface area contributed by atoms with E-state index in [1.54, 1.807) is 12.0 Å². The first-order chi connectivity index (χ1) is 10.2. The molecule has 0 bridgehead atoms. The van der Waals surface area contributed by atoms with Crippen LogP contribution in [0.2, 0.25) is 0 Å². The number of rotatable bonds is 6. The monoisotopic (exact) mass is 283 g/mol. The molecule has 0 aliphatic heterocycles. The fourth-order valence-electron chi connectivity index (χ4n) is 2.22. The molecule has 3 heteroatoms. The fourth-order valence-corrected chi connectivity index (χ4v) is 2.22. The largest absolute Gasteiger partial charge is 0.380 e. The van der Waals surface area contributed by atoms with Gasteiger partial charge in [0.25, 0.3) is 5.91 Å². The van der Waals surface area contributed by atoms with Crippen LogP contribution in [0.1, 0.15) is 21.5 Å². The number of carbonyl (C=O) groups is 1. The van der Waals surface area contributed by atoms with Gasteiger partial charge >= 0.3 is 0 Å². The van der Waals surface area contributed by atoms with Gasteiger partial charge < -0.3 is 9.64 Å². The number of nitrogens with zero attached hydrogens (tertiary/aromatic N) is 1. The van der Waals surface area contributed by atoms with Crippen LogP contribution in [0.5, 0.6) is 0 Å². The number of carbonyl (C=O) groups excluding carboxylic acids is 1. The summed E-state index contributed by atoms with van der Waals surface area (Å²) in [4.78, 5) is 14.2. The summed E-state index contributed by atoms with van der Waals surface area (Å²) in [5.41, 5.74) is 2.96. The molecule has 2 aromatic carbocycles. The van der Waals surface area contributed by atoms with Crippen molar-refractivity contribution in [3.8, 4) is 0 Å². The second-order valence-corrected chi connectivity index (χ2v) is 5.10. The second kappa shape index (κ2) is 7.60. The van der Waals surface area contributed by atoms with Crippen LogP contribution in [-0.2, 0) is 17.8 Å². The van der Waals surface area contributed by atoms with E-state index in [1.807, 2.05) is 49.5 Å². The van der Waals surface area contributed by atoms with Gasteiger partial charge in [-0.15, -0.1) is 0 Å². The lowest BCUT2D eigenvalue weighted by molar-refractivity contribution is 0.0796. The predicted molar refractivity (Wildman–Crippen MR) is 84.3 cm³/mol. The molecule has 0 radical (unpaired) electrons. The summed E-state index contributed by atoms with van der Waals surface area (Å²) in [5.74, 6) is 0.0453. The van der Waals surface area contributed by atoms with E-state index >= 15 is 0 Å². The zero-order valence-corrected chi connectivity index (χ0v) is 12.6. The first-order valence-corrected chi connectivity index (χ1v) is 7.08. The van der Waals surface area contributed by atoms with E-state index < -0.39 is 0 Å². The quantitative estimate of drug-likeness (QED) is 0.815. The Morgan fingerprint density at radius 1 is 1.05 bits per heavy atom. The SMILES string of the molecule is COCc1cccc(C(=O)N(C)CCc2ccccc2)c1. The summed E-state index contributed by atoms with van der Waals surface area (Å²) in [7, 11) is 3.49. The van der Waals surface area contributed by atoms with Crippen LogP contribution in [0, 0.1) is 0 Å². The highest BCUT2D eigenvalue weighted by Crippen LogP contribution is 2.09. The molecule has 0 aliphatic carbocycles. The molecule has 0 aromatic heterocycles. The van der Waals surface area contributed by atoms with Crippen molar-refractivity contribution in [3.63, 3.8) is 0 Å². The van der Waals surface area contributed by atoms with E-state index in [2.05, 4.69) is 12.1 Å². The highest BCUT2D eigenvalue weighted by Gasteiger charge is 2.11. The van der Waals surface area contributed by atoms with Crippen molar-refractivity contribution in [1.82, 2.24) is 4.90 Å². The smallest absolute Gasteiger partial charge is 0.253 e. The molecule has 2 rings (SSSR count). The summed E-state index contributed by atoms with van der Waals surface area (Å²) >= 11 is 0. The van der Waals surface area contributed by atoms with E-state index in [4.69, 9.17) is 4.74 Å². The third kappa shape index (κ3) is 4.43. The predicted octanol–water partition coefficient (Wildman–Crippen LogP) is 3.15. The highest BCUT2D eigenvalue weighted by atomic mass is 16.5. The minimum atomic E-state index is 0.0453. The third-order valence-electron chi connectivity index (χ3n) is 3.41. The van der Waals surface area contributed by atoms with Gasteiger partial charge in [-0.25, -0.2) is 0 Å². The van der Waals surface area contributed by atoms with E-state index in [9.17, 15) is 4.79 Å². The van der Waals surface area contributed by atoms with Crippen molar-refractivity contribution in [2.24, 2.45) is 0 Å². The van der Waals surface area contributed by atoms with Crippen LogP contribution in [0.15, 0.2) is 54.6 Å². The molecular formula is C18H21NO2. The second-order valence-electron chi connectivity index (χ2n) is 5.10. The maximum absolute atomic E-state index is 12.4. The van der Waals surface area contributed by atoms with E-state index in [-0.39, 0.29) is 5.91 Å². The maximum Gasteiger partial charge on any atom is 0.253 e. The Balaban J connectivity index is 1.97. The number of likely N-dealkylation sites (N-methyl/N-ethyl adjacent to an activating group) is 1. The fraction of sp³-hybridized carbons (Fsp3) is 0.278. The lowest BCUT2D eigenvalue weighted by Crippen LogP contribution is -2.28. The summed E-state index contributed by atoms with van der Waals surface area (Å²) in [6.45, 7) is 1.23. The third-order valence-corrected chi connectivity index (χ3v) is 3.41. The number of hydrogen-bond acceptors (Lipinski definition) is 2. The molecule has 0 heterocycles. The van der Waals surface area contributed by atoms with Crippen molar-refractivity contribution in [2.45, 2.75) is 13.0 Å². The number of amides is 1. The van der Waals surface area contributed by atoms with Crippen LogP contribution >= 0.6 is 0 Å². The van der Waals surface area contributed by atoms with E-state index in [0.717, 1.165) is 12.0 Å². The molecule has 1 amide bonds. The zero-order chi connectivity index (χ0) is 15.1. The molecule has 0 atom stereocenters. The molecule has 0 N–H and O–H groups in total. The van der Waals surface area contributed by atoms with E-state index in [1.165, 1.54) is 5.56 Å². The standard InChI is InChI=1S/C18H21NO2/c1-19(12-11-15-7-4-3-5-8-15)18(20)17-10-6-9-16(13-17)14-21-2/h3-10,13H,11-12,14H2,1-2H3. The molecule has 110 valence electrons. The summed E-state index contributed by atoms with van der Waals surface area (Å²) in [5, 5.41) is 0. The molecule has 0 saturated carbocycles. The molecule has 0 unspecified atom stereocenters. The van der Waals surface area contributed by atoms with Crippen molar-refractivity contribution >= 4 is 5.91 Å². The molecule has 2 aromatic rings. The van der Waals surface area contributed by atoms with Gasteiger partial charge in [0.2, 0.25) is 0 Å². The van der Waals surface area contributed by atoms with Crippen molar-refractivity contribution in [1.29, 1.82) is 0 Å². The van der Waals surface area contributed by atoms with Crippen LogP contribution in [0.3, 0.4) is 0 Å². The lowest BCUT2D eigenvalue weighted by Gasteiger charge is -2.17. The van der Waals surface area contributed by atoms with Gasteiger partial charge in [0.1, 0.15) is 0 Å². The minimum absolute atomic E-state index is 0.0453. The Hall–Kier alpha value is -2.13. The Kier molecular flexibility index (Phi) is 5.52. The number of benzene rings is 2. The molecule has 0 saturated heterocycles. The Morgan fingerprint density at radius 2 is 1.76 bits per heavy atom. The molecule has 21 heavy (non-hydrogen) atoms. The molecular weight excluding hydrogens is 262 g/mol. The van der Waals surface area contributed by atoms with Crippen molar-refractivity contribution in [2.75, 3.05) is 20.7 Å². The zero-order valence-electron chi connectivity index (χ0n) is 12.6. The highest BCUT2D eigenvalue weighted by molar-refractivity contribution is 5.94. The van der Waals surface area contributed by atoms with Gasteiger partial charge in [0.15, 0.2) is 0 Å². The first kappa shape index (κ1) is 15.3.